The van der Waals surface area contributed by atoms with Gasteiger partial charge >= 0.3 is 17.5 Å². The van der Waals surface area contributed by atoms with E-state index in [4.69, 9.17) is 4.74 Å². The normalized spacial score (nSPS) is 10.3. The Bertz CT molecular complexity index is 1010. The molecular weight excluding hydrogens is 376 g/mol. The lowest BCUT2D eigenvalue weighted by Gasteiger charge is -2.18. The van der Waals surface area contributed by atoms with Crippen molar-refractivity contribution in [2.75, 3.05) is 19.1 Å². The van der Waals surface area contributed by atoms with Crippen LogP contribution in [0.5, 0.6) is 11.6 Å². The maximum Gasteiger partial charge on any atom is 0.373 e. The predicted molar refractivity (Wildman–Crippen MR) is 105 cm³/mol. The molecule has 0 bridgehead atoms. The lowest BCUT2D eigenvalue weighted by Crippen LogP contribution is -2.19. The molecule has 0 aliphatic carbocycles. The molecule has 9 heteroatoms. The Labute approximate surface area is 166 Å². The molecular formula is C20H18N4O5. The average molecular weight is 394 g/mol. The molecule has 2 aromatic carbocycles. The molecule has 0 saturated heterocycles. The van der Waals surface area contributed by atoms with Crippen molar-refractivity contribution in [2.24, 2.45) is 0 Å². The molecule has 3 rings (SSSR count). The molecule has 148 valence electrons. The summed E-state index contributed by atoms with van der Waals surface area (Å²) in [5, 5.41) is 11.7. The van der Waals surface area contributed by atoms with Gasteiger partial charge in [0, 0.05) is 13.6 Å². The highest BCUT2D eigenvalue weighted by Gasteiger charge is 2.27. The summed E-state index contributed by atoms with van der Waals surface area (Å²) in [6, 6.07) is 15.5. The maximum atomic E-state index is 11.7. The lowest BCUT2D eigenvalue weighted by atomic mass is 10.2. The summed E-state index contributed by atoms with van der Waals surface area (Å²) in [5.74, 6) is -0.258. The van der Waals surface area contributed by atoms with E-state index in [2.05, 4.69) is 14.7 Å². The minimum Gasteiger partial charge on any atom is -0.465 e. The molecule has 1 aromatic heterocycles. The number of hydrogen-bond donors (Lipinski definition) is 0. The van der Waals surface area contributed by atoms with Gasteiger partial charge in [0.2, 0.25) is 5.82 Å². The number of carbonyl (C=O) groups is 1. The van der Waals surface area contributed by atoms with Crippen LogP contribution in [-0.2, 0) is 11.3 Å². The highest BCUT2D eigenvalue weighted by molar-refractivity contribution is 5.89. The zero-order valence-corrected chi connectivity index (χ0v) is 15.8. The standard InChI is InChI=1S/C20H18N4O5/c1-23(12-14-6-4-3-5-7-14)18-17(24(26)27)19(22-13-21-18)29-16-10-8-15(9-11-16)20(25)28-2/h3-11,13H,12H2,1-2H3. The number of ether oxygens (including phenoxy) is 2. The Kier molecular flexibility index (Phi) is 5.98. The van der Waals surface area contributed by atoms with Gasteiger partial charge in [-0.1, -0.05) is 30.3 Å². The second kappa shape index (κ2) is 8.79. The van der Waals surface area contributed by atoms with E-state index >= 15 is 0 Å². The average Bonchev–Trinajstić information content (AvgIpc) is 2.74. The molecule has 1 heterocycles. The summed E-state index contributed by atoms with van der Waals surface area (Å²) in [4.78, 5) is 32.3. The van der Waals surface area contributed by atoms with Crippen molar-refractivity contribution in [1.29, 1.82) is 0 Å². The zero-order valence-electron chi connectivity index (χ0n) is 15.8. The van der Waals surface area contributed by atoms with Crippen molar-refractivity contribution in [2.45, 2.75) is 6.54 Å². The number of aromatic nitrogens is 2. The van der Waals surface area contributed by atoms with Crippen molar-refractivity contribution in [1.82, 2.24) is 9.97 Å². The monoisotopic (exact) mass is 394 g/mol. The Morgan fingerprint density at radius 2 is 1.79 bits per heavy atom. The molecule has 0 spiro atoms. The quantitative estimate of drug-likeness (QED) is 0.340. The van der Waals surface area contributed by atoms with Crippen molar-refractivity contribution in [3.05, 3.63) is 82.2 Å². The number of rotatable bonds is 7. The van der Waals surface area contributed by atoms with E-state index in [1.807, 2.05) is 30.3 Å². The molecule has 0 saturated carbocycles. The van der Waals surface area contributed by atoms with Crippen LogP contribution in [0, 0.1) is 10.1 Å². The lowest BCUT2D eigenvalue weighted by molar-refractivity contribution is -0.385. The van der Waals surface area contributed by atoms with E-state index in [0.717, 1.165) is 5.56 Å². The number of benzene rings is 2. The zero-order chi connectivity index (χ0) is 20.8. The fourth-order valence-electron chi connectivity index (χ4n) is 2.69. The van der Waals surface area contributed by atoms with Gasteiger partial charge in [0.15, 0.2) is 0 Å². The van der Waals surface area contributed by atoms with Crippen molar-refractivity contribution in [3.8, 4) is 11.6 Å². The Morgan fingerprint density at radius 1 is 1.10 bits per heavy atom. The van der Waals surface area contributed by atoms with E-state index < -0.39 is 10.9 Å². The second-order valence-corrected chi connectivity index (χ2v) is 6.07. The minimum absolute atomic E-state index is 0.134. The number of carbonyl (C=O) groups excluding carboxylic acids is 1. The van der Waals surface area contributed by atoms with E-state index in [-0.39, 0.29) is 23.1 Å². The van der Waals surface area contributed by atoms with Crippen LogP contribution in [0.15, 0.2) is 60.9 Å². The highest BCUT2D eigenvalue weighted by atomic mass is 16.6. The first-order valence-electron chi connectivity index (χ1n) is 8.60. The van der Waals surface area contributed by atoms with E-state index in [1.165, 1.54) is 37.7 Å². The second-order valence-electron chi connectivity index (χ2n) is 6.07. The van der Waals surface area contributed by atoms with Crippen LogP contribution < -0.4 is 9.64 Å². The van der Waals surface area contributed by atoms with Crippen LogP contribution in [0.25, 0.3) is 0 Å². The fourth-order valence-corrected chi connectivity index (χ4v) is 2.69. The molecule has 9 nitrogen and oxygen atoms in total. The van der Waals surface area contributed by atoms with Crippen molar-refractivity contribution >= 4 is 17.5 Å². The molecule has 0 fully saturated rings. The first-order chi connectivity index (χ1) is 14.0. The van der Waals surface area contributed by atoms with Gasteiger partial charge in [-0.25, -0.2) is 9.78 Å². The van der Waals surface area contributed by atoms with Gasteiger partial charge < -0.3 is 14.4 Å². The van der Waals surface area contributed by atoms with Crippen LogP contribution >= 0.6 is 0 Å². The summed E-state index contributed by atoms with van der Waals surface area (Å²) >= 11 is 0. The predicted octanol–water partition coefficient (Wildman–Crippen LogP) is 3.60. The minimum atomic E-state index is -0.574. The van der Waals surface area contributed by atoms with Gasteiger partial charge in [0.05, 0.1) is 17.6 Å². The van der Waals surface area contributed by atoms with Gasteiger partial charge in [-0.05, 0) is 29.8 Å². The third-order valence-corrected chi connectivity index (χ3v) is 4.07. The number of nitro groups is 1. The van der Waals surface area contributed by atoms with E-state index in [1.54, 1.807) is 11.9 Å². The first-order valence-corrected chi connectivity index (χ1v) is 8.60. The van der Waals surface area contributed by atoms with Gasteiger partial charge in [-0.3, -0.25) is 10.1 Å². The van der Waals surface area contributed by atoms with Crippen LogP contribution in [0.2, 0.25) is 0 Å². The molecule has 0 atom stereocenters. The Balaban J connectivity index is 1.88. The largest absolute Gasteiger partial charge is 0.465 e. The molecule has 0 unspecified atom stereocenters. The summed E-state index contributed by atoms with van der Waals surface area (Å²) in [5.41, 5.74) is 0.965. The first kappa shape index (κ1) is 19.7. The van der Waals surface area contributed by atoms with Crippen LogP contribution in [0.1, 0.15) is 15.9 Å². The van der Waals surface area contributed by atoms with Crippen LogP contribution in [0.4, 0.5) is 11.5 Å². The molecule has 0 aliphatic rings. The number of esters is 1. The summed E-state index contributed by atoms with van der Waals surface area (Å²) in [6.45, 7) is 0.423. The fraction of sp³-hybridized carbons (Fsp3) is 0.150. The third-order valence-electron chi connectivity index (χ3n) is 4.07. The highest BCUT2D eigenvalue weighted by Crippen LogP contribution is 2.36. The van der Waals surface area contributed by atoms with E-state index in [0.29, 0.717) is 12.1 Å². The van der Waals surface area contributed by atoms with Gasteiger partial charge in [-0.2, -0.15) is 4.98 Å². The molecule has 29 heavy (non-hydrogen) atoms. The Morgan fingerprint density at radius 3 is 2.41 bits per heavy atom. The number of hydrogen-bond acceptors (Lipinski definition) is 8. The van der Waals surface area contributed by atoms with Gasteiger partial charge in [0.25, 0.3) is 0 Å². The van der Waals surface area contributed by atoms with Crippen molar-refractivity contribution in [3.63, 3.8) is 0 Å². The summed E-state index contributed by atoms with van der Waals surface area (Å²) in [7, 11) is 2.99. The topological polar surface area (TPSA) is 108 Å². The van der Waals surface area contributed by atoms with Crippen molar-refractivity contribution < 1.29 is 19.2 Å². The maximum absolute atomic E-state index is 11.7. The molecule has 0 N–H and O–H groups in total. The number of methoxy groups -OCH3 is 1. The van der Waals surface area contributed by atoms with Crippen LogP contribution in [0.3, 0.4) is 0 Å². The van der Waals surface area contributed by atoms with E-state index in [9.17, 15) is 14.9 Å². The third kappa shape index (κ3) is 4.64. The van der Waals surface area contributed by atoms with Gasteiger partial charge in [-0.15, -0.1) is 0 Å². The number of anilines is 1. The van der Waals surface area contributed by atoms with Gasteiger partial charge in [0.1, 0.15) is 12.1 Å². The smallest absolute Gasteiger partial charge is 0.373 e. The summed E-state index contributed by atoms with van der Waals surface area (Å²) < 4.78 is 10.2. The molecule has 3 aromatic rings. The van der Waals surface area contributed by atoms with Crippen LogP contribution in [-0.4, -0.2) is 35.0 Å². The molecule has 0 amide bonds. The number of nitrogens with zero attached hydrogens (tertiary/aromatic N) is 4. The molecule has 0 radical (unpaired) electrons. The molecule has 0 aliphatic heterocycles. The SMILES string of the molecule is COC(=O)c1ccc(Oc2ncnc(N(C)Cc3ccccc3)c2[N+](=O)[O-])cc1. The summed E-state index contributed by atoms with van der Waals surface area (Å²) in [6.07, 6.45) is 1.21. The Hall–Kier alpha value is -4.01.